The second-order valence-electron chi connectivity index (χ2n) is 7.20. The molecule has 2 saturated heterocycles. The van der Waals surface area contributed by atoms with Crippen molar-refractivity contribution in [1.82, 2.24) is 0 Å². The van der Waals surface area contributed by atoms with Crippen molar-refractivity contribution < 1.29 is 14.6 Å². The summed E-state index contributed by atoms with van der Waals surface area (Å²) >= 11 is 0. The van der Waals surface area contributed by atoms with Gasteiger partial charge in [0.15, 0.2) is 0 Å². The van der Waals surface area contributed by atoms with Crippen LogP contribution >= 0.6 is 0 Å². The first-order chi connectivity index (χ1) is 10.8. The molecule has 0 aromatic carbocycles. The number of hydrogen-bond donors (Lipinski definition) is 1. The zero-order valence-corrected chi connectivity index (χ0v) is 14.5. The molecule has 0 saturated carbocycles. The molecule has 0 aromatic heterocycles. The predicted molar refractivity (Wildman–Crippen MR) is 90.1 cm³/mol. The van der Waals surface area contributed by atoms with Crippen LogP contribution in [0.5, 0.6) is 0 Å². The lowest BCUT2D eigenvalue weighted by Crippen LogP contribution is -2.27. The van der Waals surface area contributed by atoms with E-state index in [1.165, 1.54) is 57.8 Å². The van der Waals surface area contributed by atoms with E-state index < -0.39 is 0 Å². The minimum absolute atomic E-state index is 0.0627. The molecular weight excluding hydrogens is 276 g/mol. The Morgan fingerprint density at radius 1 is 0.864 bits per heavy atom. The molecule has 130 valence electrons. The Labute approximate surface area is 136 Å². The minimum atomic E-state index is -0.266. The van der Waals surface area contributed by atoms with Crippen molar-refractivity contribution in [2.24, 2.45) is 0 Å². The van der Waals surface area contributed by atoms with Gasteiger partial charge < -0.3 is 14.6 Å². The molecular formula is C19H36O3. The smallest absolute Gasteiger partial charge is 0.107 e. The highest BCUT2D eigenvalue weighted by Gasteiger charge is 2.40. The van der Waals surface area contributed by atoms with Crippen molar-refractivity contribution in [1.29, 1.82) is 0 Å². The van der Waals surface area contributed by atoms with Gasteiger partial charge in [0.25, 0.3) is 0 Å². The lowest BCUT2D eigenvalue weighted by molar-refractivity contribution is -0.0443. The van der Waals surface area contributed by atoms with Crippen molar-refractivity contribution in [3.05, 3.63) is 0 Å². The summed E-state index contributed by atoms with van der Waals surface area (Å²) in [5.41, 5.74) is 0. The van der Waals surface area contributed by atoms with Gasteiger partial charge in [0, 0.05) is 0 Å². The van der Waals surface area contributed by atoms with Crippen molar-refractivity contribution in [2.45, 2.75) is 115 Å². The van der Waals surface area contributed by atoms with Crippen LogP contribution < -0.4 is 0 Å². The summed E-state index contributed by atoms with van der Waals surface area (Å²) in [6.45, 7) is 3.12. The molecule has 2 heterocycles. The molecule has 3 nitrogen and oxygen atoms in total. The first-order valence-corrected chi connectivity index (χ1v) is 9.76. The van der Waals surface area contributed by atoms with Crippen LogP contribution in [0.4, 0.5) is 0 Å². The third-order valence-electron chi connectivity index (χ3n) is 5.14. The molecule has 0 bridgehead atoms. The number of hydrogen-bond acceptors (Lipinski definition) is 3. The summed E-state index contributed by atoms with van der Waals surface area (Å²) in [6, 6.07) is 0. The highest BCUT2D eigenvalue weighted by atomic mass is 16.6. The van der Waals surface area contributed by atoms with E-state index in [0.717, 1.165) is 32.3 Å². The second kappa shape index (κ2) is 10.6. The van der Waals surface area contributed by atoms with Gasteiger partial charge in [-0.2, -0.15) is 0 Å². The quantitative estimate of drug-likeness (QED) is 0.399. The molecule has 2 aliphatic rings. The summed E-state index contributed by atoms with van der Waals surface area (Å²) in [7, 11) is 0. The molecule has 1 unspecified atom stereocenters. The van der Waals surface area contributed by atoms with Crippen LogP contribution in [-0.4, -0.2) is 36.1 Å². The van der Waals surface area contributed by atoms with Gasteiger partial charge in [0.05, 0.1) is 24.9 Å². The molecule has 2 aliphatic heterocycles. The fourth-order valence-corrected chi connectivity index (χ4v) is 3.54. The van der Waals surface area contributed by atoms with Gasteiger partial charge in [-0.3, -0.25) is 0 Å². The van der Waals surface area contributed by atoms with Gasteiger partial charge in [0.2, 0.25) is 0 Å². The standard InChI is InChI=1S/C19H36O3/c1-2-3-4-5-6-7-8-9-10-11-12-16(20)17-13-14-18(22-17)19-15-21-19/h16-20H,2-15H2,1H3/t16?,17-,18-,19+/m1/s1. The summed E-state index contributed by atoms with van der Waals surface area (Å²) in [6.07, 6.45) is 16.8. The number of epoxide rings is 1. The Morgan fingerprint density at radius 3 is 2.05 bits per heavy atom. The van der Waals surface area contributed by atoms with Gasteiger partial charge >= 0.3 is 0 Å². The van der Waals surface area contributed by atoms with Gasteiger partial charge in [0.1, 0.15) is 6.10 Å². The fraction of sp³-hybridized carbons (Fsp3) is 1.00. The molecule has 0 radical (unpaired) electrons. The van der Waals surface area contributed by atoms with E-state index in [-0.39, 0.29) is 18.3 Å². The lowest BCUT2D eigenvalue weighted by atomic mass is 10.0. The summed E-state index contributed by atoms with van der Waals surface area (Å²) in [5, 5.41) is 10.2. The Balaban J connectivity index is 1.37. The van der Waals surface area contributed by atoms with Crippen molar-refractivity contribution >= 4 is 0 Å². The third kappa shape index (κ3) is 6.97. The highest BCUT2D eigenvalue weighted by molar-refractivity contribution is 4.88. The second-order valence-corrected chi connectivity index (χ2v) is 7.20. The minimum Gasteiger partial charge on any atom is -0.390 e. The van der Waals surface area contributed by atoms with Crippen LogP contribution in [0.1, 0.15) is 90.4 Å². The third-order valence-corrected chi connectivity index (χ3v) is 5.14. The van der Waals surface area contributed by atoms with E-state index in [1.807, 2.05) is 0 Å². The molecule has 1 N–H and O–H groups in total. The Bertz CT molecular complexity index is 278. The van der Waals surface area contributed by atoms with E-state index in [9.17, 15) is 5.11 Å². The first-order valence-electron chi connectivity index (χ1n) is 9.76. The molecule has 2 fully saturated rings. The Kier molecular flexibility index (Phi) is 8.79. The van der Waals surface area contributed by atoms with Gasteiger partial charge in [-0.25, -0.2) is 0 Å². The average Bonchev–Trinajstić information content (AvgIpc) is 3.26. The van der Waals surface area contributed by atoms with E-state index in [4.69, 9.17) is 9.47 Å². The maximum Gasteiger partial charge on any atom is 0.107 e. The van der Waals surface area contributed by atoms with Gasteiger partial charge in [-0.1, -0.05) is 71.1 Å². The van der Waals surface area contributed by atoms with E-state index >= 15 is 0 Å². The maximum atomic E-state index is 10.2. The van der Waals surface area contributed by atoms with E-state index in [2.05, 4.69) is 6.92 Å². The largest absolute Gasteiger partial charge is 0.390 e. The molecule has 3 heteroatoms. The van der Waals surface area contributed by atoms with E-state index in [0.29, 0.717) is 6.10 Å². The first kappa shape index (κ1) is 18.2. The predicted octanol–water partition coefficient (Wildman–Crippen LogP) is 4.60. The van der Waals surface area contributed by atoms with Crippen molar-refractivity contribution in [3.8, 4) is 0 Å². The molecule has 0 amide bonds. The number of unbranched alkanes of at least 4 members (excludes halogenated alkanes) is 9. The molecule has 2 rings (SSSR count). The van der Waals surface area contributed by atoms with E-state index in [1.54, 1.807) is 0 Å². The SMILES string of the molecule is CCCCCCCCCCCCC(O)[C@H]1CC[C@H]([C@@H]2CO2)O1. The summed E-state index contributed by atoms with van der Waals surface area (Å²) < 4.78 is 11.2. The fourth-order valence-electron chi connectivity index (χ4n) is 3.54. The Hall–Kier alpha value is -0.120. The number of aliphatic hydroxyl groups excluding tert-OH is 1. The zero-order valence-electron chi connectivity index (χ0n) is 14.5. The molecule has 0 aliphatic carbocycles. The number of ether oxygens (including phenoxy) is 2. The number of rotatable bonds is 13. The van der Waals surface area contributed by atoms with Gasteiger partial charge in [-0.05, 0) is 19.3 Å². The molecule has 0 aromatic rings. The van der Waals surface area contributed by atoms with Crippen LogP contribution in [0.15, 0.2) is 0 Å². The van der Waals surface area contributed by atoms with Crippen molar-refractivity contribution in [2.75, 3.05) is 6.61 Å². The molecule has 4 atom stereocenters. The summed E-state index contributed by atoms with van der Waals surface area (Å²) in [4.78, 5) is 0. The Morgan fingerprint density at radius 2 is 1.45 bits per heavy atom. The van der Waals surface area contributed by atoms with Crippen LogP contribution in [0.3, 0.4) is 0 Å². The highest BCUT2D eigenvalue weighted by Crippen LogP contribution is 2.31. The maximum absolute atomic E-state index is 10.2. The lowest BCUT2D eigenvalue weighted by Gasteiger charge is -2.18. The number of aliphatic hydroxyl groups is 1. The topological polar surface area (TPSA) is 42.0 Å². The summed E-state index contributed by atoms with van der Waals surface area (Å²) in [5.74, 6) is 0. The van der Waals surface area contributed by atoms with Crippen LogP contribution in [0.25, 0.3) is 0 Å². The van der Waals surface area contributed by atoms with Gasteiger partial charge in [-0.15, -0.1) is 0 Å². The molecule has 22 heavy (non-hydrogen) atoms. The van der Waals surface area contributed by atoms with Crippen LogP contribution in [0, 0.1) is 0 Å². The zero-order chi connectivity index (χ0) is 15.6. The molecule has 0 spiro atoms. The monoisotopic (exact) mass is 312 g/mol. The normalized spacial score (nSPS) is 28.9. The van der Waals surface area contributed by atoms with Crippen LogP contribution in [0.2, 0.25) is 0 Å². The average molecular weight is 312 g/mol. The van der Waals surface area contributed by atoms with Crippen molar-refractivity contribution in [3.63, 3.8) is 0 Å². The van der Waals surface area contributed by atoms with Crippen LogP contribution in [-0.2, 0) is 9.47 Å².